The fraction of sp³-hybridized carbons (Fsp3) is 0.875. The minimum atomic E-state index is -0.471. The molecule has 0 spiro atoms. The quantitative estimate of drug-likeness (QED) is 0.618. The molecule has 0 radical (unpaired) electrons. The molecule has 4 nitrogen and oxygen atoms in total. The summed E-state index contributed by atoms with van der Waals surface area (Å²) in [5, 5.41) is 11.7. The molecule has 0 fully saturated rings. The molecule has 0 aromatic carbocycles. The summed E-state index contributed by atoms with van der Waals surface area (Å²) in [6, 6.07) is 0. The molecule has 0 saturated heterocycles. The number of aliphatic hydroxyl groups is 1. The highest BCUT2D eigenvalue weighted by Gasteiger charge is 2.29. The van der Waals surface area contributed by atoms with Crippen LogP contribution in [0.15, 0.2) is 4.99 Å². The predicted octanol–water partition coefficient (Wildman–Crippen LogP) is -0.224. The first-order valence-corrected chi connectivity index (χ1v) is 4.20. The fourth-order valence-electron chi connectivity index (χ4n) is 1.19. The number of ether oxygens (including phenoxy) is 1. The van der Waals surface area contributed by atoms with E-state index in [1.54, 1.807) is 0 Å². The maximum absolute atomic E-state index is 8.64. The Balaban J connectivity index is 2.55. The highest BCUT2D eigenvalue weighted by Crippen LogP contribution is 2.12. The van der Waals surface area contributed by atoms with Gasteiger partial charge in [0.15, 0.2) is 5.72 Å². The predicted molar refractivity (Wildman–Crippen MR) is 47.4 cm³/mol. The smallest absolute Gasteiger partial charge is 0.155 e. The average molecular weight is 172 g/mol. The molecule has 1 aliphatic rings. The maximum atomic E-state index is 8.64. The Morgan fingerprint density at radius 2 is 2.50 bits per heavy atom. The SMILES string of the molecule is CC1=NCCOC1(C)NCCO. The second kappa shape index (κ2) is 3.98. The van der Waals surface area contributed by atoms with Crippen LogP contribution in [0, 0.1) is 0 Å². The number of rotatable bonds is 3. The summed E-state index contributed by atoms with van der Waals surface area (Å²) in [4.78, 5) is 4.28. The van der Waals surface area contributed by atoms with Crippen LogP contribution in [0.25, 0.3) is 0 Å². The Kier molecular flexibility index (Phi) is 3.20. The van der Waals surface area contributed by atoms with Crippen molar-refractivity contribution in [3.05, 3.63) is 0 Å². The van der Waals surface area contributed by atoms with Gasteiger partial charge in [-0.2, -0.15) is 0 Å². The van der Waals surface area contributed by atoms with E-state index in [9.17, 15) is 0 Å². The summed E-state index contributed by atoms with van der Waals surface area (Å²) >= 11 is 0. The van der Waals surface area contributed by atoms with Crippen molar-refractivity contribution in [1.29, 1.82) is 0 Å². The summed E-state index contributed by atoms with van der Waals surface area (Å²) < 4.78 is 5.53. The third-order valence-corrected chi connectivity index (χ3v) is 2.10. The van der Waals surface area contributed by atoms with E-state index >= 15 is 0 Å². The third kappa shape index (κ3) is 2.03. The zero-order chi connectivity index (χ0) is 9.03. The monoisotopic (exact) mass is 172 g/mol. The van der Waals surface area contributed by atoms with E-state index in [4.69, 9.17) is 9.84 Å². The van der Waals surface area contributed by atoms with Crippen molar-refractivity contribution in [2.75, 3.05) is 26.3 Å². The highest BCUT2D eigenvalue weighted by atomic mass is 16.5. The standard InChI is InChI=1S/C8H16N2O2/c1-7-8(2,10-3-5-11)12-6-4-9-7/h10-11H,3-6H2,1-2H3. The Bertz CT molecular complexity index is 182. The van der Waals surface area contributed by atoms with Crippen molar-refractivity contribution in [2.24, 2.45) is 4.99 Å². The zero-order valence-corrected chi connectivity index (χ0v) is 7.63. The van der Waals surface area contributed by atoms with Gasteiger partial charge in [-0.1, -0.05) is 0 Å². The van der Waals surface area contributed by atoms with Crippen molar-refractivity contribution in [1.82, 2.24) is 5.32 Å². The van der Waals surface area contributed by atoms with Gasteiger partial charge in [-0.15, -0.1) is 0 Å². The lowest BCUT2D eigenvalue weighted by atomic mass is 10.1. The summed E-state index contributed by atoms with van der Waals surface area (Å²) in [7, 11) is 0. The molecule has 0 aliphatic carbocycles. The largest absolute Gasteiger partial charge is 0.395 e. The zero-order valence-electron chi connectivity index (χ0n) is 7.63. The van der Waals surface area contributed by atoms with Crippen LogP contribution in [0.5, 0.6) is 0 Å². The molecule has 1 heterocycles. The van der Waals surface area contributed by atoms with Crippen LogP contribution in [0.2, 0.25) is 0 Å². The summed E-state index contributed by atoms with van der Waals surface area (Å²) in [6.07, 6.45) is 0. The van der Waals surface area contributed by atoms with Crippen molar-refractivity contribution >= 4 is 5.71 Å². The van der Waals surface area contributed by atoms with Crippen LogP contribution in [0.1, 0.15) is 13.8 Å². The molecule has 0 aromatic heterocycles. The van der Waals surface area contributed by atoms with Gasteiger partial charge in [0.1, 0.15) is 0 Å². The Morgan fingerprint density at radius 1 is 1.75 bits per heavy atom. The van der Waals surface area contributed by atoms with Gasteiger partial charge in [0.2, 0.25) is 0 Å². The van der Waals surface area contributed by atoms with Gasteiger partial charge in [0.05, 0.1) is 25.5 Å². The van der Waals surface area contributed by atoms with E-state index in [2.05, 4.69) is 10.3 Å². The van der Waals surface area contributed by atoms with Crippen LogP contribution in [0.3, 0.4) is 0 Å². The molecular weight excluding hydrogens is 156 g/mol. The lowest BCUT2D eigenvalue weighted by Gasteiger charge is -2.33. The lowest BCUT2D eigenvalue weighted by molar-refractivity contribution is -0.0103. The second-order valence-electron chi connectivity index (χ2n) is 3.00. The number of nitrogens with zero attached hydrogens (tertiary/aromatic N) is 1. The first-order chi connectivity index (χ1) is 5.69. The average Bonchev–Trinajstić information content (AvgIpc) is 2.07. The van der Waals surface area contributed by atoms with Gasteiger partial charge in [-0.05, 0) is 13.8 Å². The molecule has 12 heavy (non-hydrogen) atoms. The molecule has 2 N–H and O–H groups in total. The van der Waals surface area contributed by atoms with Crippen LogP contribution in [0.4, 0.5) is 0 Å². The summed E-state index contributed by atoms with van der Waals surface area (Å²) in [5.74, 6) is 0. The third-order valence-electron chi connectivity index (χ3n) is 2.10. The molecule has 70 valence electrons. The number of aliphatic hydroxyl groups excluding tert-OH is 1. The number of nitrogens with one attached hydrogen (secondary N) is 1. The second-order valence-corrected chi connectivity index (χ2v) is 3.00. The number of hydrogen-bond donors (Lipinski definition) is 2. The lowest BCUT2D eigenvalue weighted by Crippen LogP contribution is -2.53. The van der Waals surface area contributed by atoms with Gasteiger partial charge in [-0.25, -0.2) is 0 Å². The molecule has 1 aliphatic heterocycles. The topological polar surface area (TPSA) is 53.8 Å². The molecule has 1 unspecified atom stereocenters. The minimum Gasteiger partial charge on any atom is -0.395 e. The van der Waals surface area contributed by atoms with Crippen LogP contribution in [-0.2, 0) is 4.74 Å². The van der Waals surface area contributed by atoms with Crippen molar-refractivity contribution in [2.45, 2.75) is 19.6 Å². The van der Waals surface area contributed by atoms with Gasteiger partial charge in [0, 0.05) is 6.54 Å². The van der Waals surface area contributed by atoms with Crippen molar-refractivity contribution in [3.63, 3.8) is 0 Å². The molecule has 0 aromatic rings. The highest BCUT2D eigenvalue weighted by molar-refractivity contribution is 5.90. The first kappa shape index (κ1) is 9.64. The van der Waals surface area contributed by atoms with Crippen LogP contribution in [-0.4, -0.2) is 42.8 Å². The van der Waals surface area contributed by atoms with Gasteiger partial charge in [0.25, 0.3) is 0 Å². The minimum absolute atomic E-state index is 0.117. The molecular formula is C8H16N2O2. The molecule has 0 amide bonds. The number of aliphatic imine (C=N–C) groups is 1. The van der Waals surface area contributed by atoms with Crippen molar-refractivity contribution in [3.8, 4) is 0 Å². The normalized spacial score (nSPS) is 30.1. The first-order valence-electron chi connectivity index (χ1n) is 4.20. The Hall–Kier alpha value is -0.450. The van der Waals surface area contributed by atoms with Gasteiger partial charge in [-0.3, -0.25) is 10.3 Å². The summed E-state index contributed by atoms with van der Waals surface area (Å²) in [6.45, 7) is 5.90. The van der Waals surface area contributed by atoms with Crippen LogP contribution < -0.4 is 5.32 Å². The molecule has 1 rings (SSSR count). The van der Waals surface area contributed by atoms with E-state index < -0.39 is 5.72 Å². The molecule has 4 heteroatoms. The van der Waals surface area contributed by atoms with Gasteiger partial charge < -0.3 is 9.84 Å². The fourth-order valence-corrected chi connectivity index (χ4v) is 1.19. The molecule has 0 saturated carbocycles. The Morgan fingerprint density at radius 3 is 3.08 bits per heavy atom. The van der Waals surface area contributed by atoms with Crippen molar-refractivity contribution < 1.29 is 9.84 Å². The van der Waals surface area contributed by atoms with Crippen LogP contribution >= 0.6 is 0 Å². The van der Waals surface area contributed by atoms with E-state index in [1.807, 2.05) is 13.8 Å². The van der Waals surface area contributed by atoms with Gasteiger partial charge >= 0.3 is 0 Å². The number of hydrogen-bond acceptors (Lipinski definition) is 4. The summed E-state index contributed by atoms with van der Waals surface area (Å²) in [5.41, 5.74) is 0.475. The molecule has 1 atom stereocenters. The van der Waals surface area contributed by atoms with E-state index in [0.717, 1.165) is 12.3 Å². The van der Waals surface area contributed by atoms with E-state index in [0.29, 0.717) is 13.2 Å². The molecule has 0 bridgehead atoms. The Labute approximate surface area is 72.6 Å². The van der Waals surface area contributed by atoms with E-state index in [-0.39, 0.29) is 6.61 Å². The maximum Gasteiger partial charge on any atom is 0.155 e. The van der Waals surface area contributed by atoms with E-state index in [1.165, 1.54) is 0 Å².